The average molecular weight is 561 g/mol. The lowest BCUT2D eigenvalue weighted by Gasteiger charge is -2.62. The molecule has 2 unspecified atom stereocenters. The average Bonchev–Trinajstić information content (AvgIpc) is 3.46. The summed E-state index contributed by atoms with van der Waals surface area (Å²) in [6.45, 7) is 10.2. The number of likely N-dealkylation sites (tertiary alicyclic amines) is 2. The van der Waals surface area contributed by atoms with E-state index in [9.17, 15) is 0 Å². The molecule has 4 heteroatoms. The van der Waals surface area contributed by atoms with Gasteiger partial charge >= 0.3 is 0 Å². The molecule has 0 amide bonds. The van der Waals surface area contributed by atoms with Crippen LogP contribution in [0.25, 0.3) is 0 Å². The summed E-state index contributed by atoms with van der Waals surface area (Å²) in [5.41, 5.74) is 8.34. The van der Waals surface area contributed by atoms with Crippen LogP contribution in [0.2, 0.25) is 0 Å². The van der Waals surface area contributed by atoms with E-state index < -0.39 is 0 Å². The predicted molar refractivity (Wildman–Crippen MR) is 170 cm³/mol. The van der Waals surface area contributed by atoms with E-state index in [-0.39, 0.29) is 5.54 Å². The molecule has 8 aliphatic rings. The van der Waals surface area contributed by atoms with E-state index in [1.165, 1.54) is 174 Å². The Hall–Kier alpha value is -0.840. The second kappa shape index (κ2) is 11.9. The summed E-state index contributed by atoms with van der Waals surface area (Å²) in [7, 11) is 0. The van der Waals surface area contributed by atoms with Crippen molar-refractivity contribution < 1.29 is 0 Å². The highest BCUT2D eigenvalue weighted by molar-refractivity contribution is 5.57. The van der Waals surface area contributed by atoms with Gasteiger partial charge in [-0.25, -0.2) is 0 Å². The van der Waals surface area contributed by atoms with Crippen molar-refractivity contribution >= 4 is 0 Å². The molecule has 4 nitrogen and oxygen atoms in total. The summed E-state index contributed by atoms with van der Waals surface area (Å²) >= 11 is 0. The molecule has 2 atom stereocenters. The number of nitrogens with one attached hydrogen (secondary N) is 1. The van der Waals surface area contributed by atoms with Crippen LogP contribution in [0.1, 0.15) is 122 Å². The van der Waals surface area contributed by atoms with Crippen molar-refractivity contribution in [3.8, 4) is 0 Å². The van der Waals surface area contributed by atoms with Crippen LogP contribution in [0.4, 0.5) is 0 Å². The Morgan fingerprint density at radius 3 is 1.68 bits per heavy atom. The minimum atomic E-state index is 0.284. The number of hydrogen-bond donors (Lipinski definition) is 1. The van der Waals surface area contributed by atoms with Crippen molar-refractivity contribution in [3.63, 3.8) is 0 Å². The fourth-order valence-electron chi connectivity index (χ4n) is 11.3. The maximum Gasteiger partial charge on any atom is 0.0728 e. The largest absolute Gasteiger partial charge is 0.371 e. The Morgan fingerprint density at radius 1 is 0.512 bits per heavy atom. The van der Waals surface area contributed by atoms with Crippen LogP contribution in [-0.2, 0) is 0 Å². The molecule has 0 aromatic rings. The van der Waals surface area contributed by atoms with Crippen LogP contribution in [0.3, 0.4) is 0 Å². The third kappa shape index (κ3) is 4.80. The third-order valence-corrected chi connectivity index (χ3v) is 13.3. The van der Waals surface area contributed by atoms with Crippen molar-refractivity contribution in [3.05, 3.63) is 22.4 Å². The van der Waals surface area contributed by atoms with Gasteiger partial charge in [-0.1, -0.05) is 44.9 Å². The zero-order chi connectivity index (χ0) is 27.2. The van der Waals surface area contributed by atoms with E-state index in [4.69, 9.17) is 0 Å². The van der Waals surface area contributed by atoms with Crippen molar-refractivity contribution in [2.75, 3.05) is 52.4 Å². The van der Waals surface area contributed by atoms with Gasteiger partial charge in [0.15, 0.2) is 0 Å². The molecule has 5 aliphatic carbocycles. The van der Waals surface area contributed by atoms with Crippen LogP contribution >= 0.6 is 0 Å². The van der Waals surface area contributed by atoms with Crippen LogP contribution in [0.15, 0.2) is 22.4 Å². The van der Waals surface area contributed by atoms with E-state index in [0.29, 0.717) is 6.04 Å². The number of piperazine rings is 1. The van der Waals surface area contributed by atoms with Crippen molar-refractivity contribution in [1.82, 2.24) is 20.0 Å². The summed E-state index contributed by atoms with van der Waals surface area (Å²) in [6, 6.07) is 0.617. The van der Waals surface area contributed by atoms with Gasteiger partial charge in [0.2, 0.25) is 0 Å². The molecule has 7 fully saturated rings. The van der Waals surface area contributed by atoms with Gasteiger partial charge in [-0.2, -0.15) is 0 Å². The standard InChI is InChI=1S/C37H60N4/c1-3-12-29(13-4-1)33-32(28-14-5-6-15-28)34(30-16-11-17-30)37(31-18-19-31,41-24-7-2-8-25-41)36(40-22-9-10-23-40)35(33)39-26-20-38-21-27-39/h28-31,36,38H,1-27H2. The summed E-state index contributed by atoms with van der Waals surface area (Å²) in [5.74, 6) is 3.44. The maximum atomic E-state index is 3.76. The highest BCUT2D eigenvalue weighted by atomic mass is 15.3. The van der Waals surface area contributed by atoms with Crippen LogP contribution < -0.4 is 5.32 Å². The Morgan fingerprint density at radius 2 is 1.07 bits per heavy atom. The number of piperidine rings is 1. The maximum absolute atomic E-state index is 3.76. The first-order valence-corrected chi connectivity index (χ1v) is 18.8. The van der Waals surface area contributed by atoms with Gasteiger partial charge in [0, 0.05) is 31.9 Å². The summed E-state index contributed by atoms with van der Waals surface area (Å²) in [5, 5.41) is 3.76. The molecule has 228 valence electrons. The smallest absolute Gasteiger partial charge is 0.0728 e. The topological polar surface area (TPSA) is 21.8 Å². The van der Waals surface area contributed by atoms with E-state index in [0.717, 1.165) is 23.7 Å². The number of allylic oxidation sites excluding steroid dienone is 2. The number of nitrogens with zero attached hydrogens (tertiary/aromatic N) is 3. The molecule has 41 heavy (non-hydrogen) atoms. The lowest BCUT2D eigenvalue weighted by molar-refractivity contribution is -0.0133. The fourth-order valence-corrected chi connectivity index (χ4v) is 11.3. The Kier molecular flexibility index (Phi) is 8.05. The zero-order valence-corrected chi connectivity index (χ0v) is 26.3. The van der Waals surface area contributed by atoms with Crippen LogP contribution in [0.5, 0.6) is 0 Å². The minimum Gasteiger partial charge on any atom is -0.371 e. The summed E-state index contributed by atoms with van der Waals surface area (Å²) in [4.78, 5) is 9.37. The summed E-state index contributed by atoms with van der Waals surface area (Å²) < 4.78 is 0. The van der Waals surface area contributed by atoms with Gasteiger partial charge in [0.1, 0.15) is 0 Å². The number of rotatable bonds is 7. The lowest BCUT2D eigenvalue weighted by atomic mass is 9.56. The lowest BCUT2D eigenvalue weighted by Crippen LogP contribution is -2.70. The molecule has 1 N–H and O–H groups in total. The van der Waals surface area contributed by atoms with Crippen molar-refractivity contribution in [1.29, 1.82) is 0 Å². The molecule has 8 rings (SSSR count). The normalized spacial score (nSPS) is 36.0. The monoisotopic (exact) mass is 560 g/mol. The van der Waals surface area contributed by atoms with Crippen LogP contribution in [-0.4, -0.2) is 78.6 Å². The van der Waals surface area contributed by atoms with Crippen molar-refractivity contribution in [2.24, 2.45) is 23.7 Å². The highest BCUT2D eigenvalue weighted by Gasteiger charge is 2.64. The SMILES string of the molecule is C1CCC(C2=C(N3CCNCC3)C(N3CCCC3)C(C3CC3)(N3CCCCC3)C(C3CCC3)=C2C2CCCC2)CC1. The van der Waals surface area contributed by atoms with E-state index in [2.05, 4.69) is 25.6 Å². The van der Waals surface area contributed by atoms with Gasteiger partial charge in [-0.05, 0) is 144 Å². The second-order valence-corrected chi connectivity index (χ2v) is 15.6. The molecule has 3 aliphatic heterocycles. The molecule has 3 saturated heterocycles. The van der Waals surface area contributed by atoms with E-state index in [1.807, 2.05) is 16.8 Å². The molecule has 0 radical (unpaired) electrons. The molecule has 0 bridgehead atoms. The molecular formula is C37H60N4. The van der Waals surface area contributed by atoms with Gasteiger partial charge in [-0.3, -0.25) is 9.80 Å². The molecule has 4 saturated carbocycles. The van der Waals surface area contributed by atoms with E-state index >= 15 is 0 Å². The molecule has 0 spiro atoms. The first-order chi connectivity index (χ1) is 20.4. The van der Waals surface area contributed by atoms with Crippen LogP contribution in [0, 0.1) is 23.7 Å². The van der Waals surface area contributed by atoms with Gasteiger partial charge in [0.25, 0.3) is 0 Å². The predicted octanol–water partition coefficient (Wildman–Crippen LogP) is 7.13. The minimum absolute atomic E-state index is 0.284. The second-order valence-electron chi connectivity index (χ2n) is 15.6. The molecular weight excluding hydrogens is 500 g/mol. The Labute approximate surface area is 251 Å². The van der Waals surface area contributed by atoms with Gasteiger partial charge < -0.3 is 10.2 Å². The van der Waals surface area contributed by atoms with Crippen molar-refractivity contribution in [2.45, 2.75) is 134 Å². The quantitative estimate of drug-likeness (QED) is 0.358. The Balaban J connectivity index is 1.42. The highest BCUT2D eigenvalue weighted by Crippen LogP contribution is 2.63. The summed E-state index contributed by atoms with van der Waals surface area (Å²) in [6.07, 6.45) is 27.8. The fraction of sp³-hybridized carbons (Fsp3) is 0.892. The molecule has 0 aromatic carbocycles. The van der Waals surface area contributed by atoms with Gasteiger partial charge in [0.05, 0.1) is 11.6 Å². The molecule has 3 heterocycles. The molecule has 0 aromatic heterocycles. The Bertz CT molecular complexity index is 976. The first kappa shape index (κ1) is 27.7. The third-order valence-electron chi connectivity index (χ3n) is 13.3. The first-order valence-electron chi connectivity index (χ1n) is 18.8. The zero-order valence-electron chi connectivity index (χ0n) is 26.3. The van der Waals surface area contributed by atoms with Gasteiger partial charge in [-0.15, -0.1) is 0 Å². The number of hydrogen-bond acceptors (Lipinski definition) is 4. The van der Waals surface area contributed by atoms with E-state index in [1.54, 1.807) is 0 Å².